The number of benzene rings is 1. The molecule has 3 rings (SSSR count). The van der Waals surface area contributed by atoms with Gasteiger partial charge in [-0.1, -0.05) is 6.07 Å². The lowest BCUT2D eigenvalue weighted by molar-refractivity contribution is -0.125. The van der Waals surface area contributed by atoms with Gasteiger partial charge in [0.1, 0.15) is 5.58 Å². The number of fused-ring (bicyclic) bond motifs is 1. The molecule has 0 aliphatic heterocycles. The van der Waals surface area contributed by atoms with Crippen LogP contribution in [0.2, 0.25) is 0 Å². The van der Waals surface area contributed by atoms with Gasteiger partial charge in [-0.3, -0.25) is 0 Å². The first-order valence-corrected chi connectivity index (χ1v) is 5.13. The highest BCUT2D eigenvalue weighted by Gasteiger charge is 2.55. The maximum absolute atomic E-state index is 12.9. The van der Waals surface area contributed by atoms with Crippen LogP contribution in [-0.4, -0.2) is 5.92 Å². The van der Waals surface area contributed by atoms with Gasteiger partial charge in [-0.25, -0.2) is 8.78 Å². The number of hydrogen-bond donors (Lipinski definition) is 1. The van der Waals surface area contributed by atoms with Crippen LogP contribution in [0.15, 0.2) is 34.9 Å². The predicted octanol–water partition coefficient (Wildman–Crippen LogP) is 3.02. The molecular formula is C12H11F2NO. The quantitative estimate of drug-likeness (QED) is 0.807. The fourth-order valence-electron chi connectivity index (χ4n) is 2.35. The summed E-state index contributed by atoms with van der Waals surface area (Å²) >= 11 is 0. The summed E-state index contributed by atoms with van der Waals surface area (Å²) in [7, 11) is 0. The van der Waals surface area contributed by atoms with Gasteiger partial charge in [-0.2, -0.15) is 0 Å². The van der Waals surface area contributed by atoms with Gasteiger partial charge in [0.2, 0.25) is 0 Å². The molecule has 84 valence electrons. The molecule has 1 aliphatic carbocycles. The summed E-state index contributed by atoms with van der Waals surface area (Å²) < 4.78 is 30.9. The van der Waals surface area contributed by atoms with E-state index in [0.717, 1.165) is 16.5 Å². The van der Waals surface area contributed by atoms with Crippen molar-refractivity contribution < 1.29 is 13.2 Å². The molecular weight excluding hydrogens is 212 g/mol. The maximum atomic E-state index is 12.9. The second kappa shape index (κ2) is 2.83. The minimum Gasteiger partial charge on any atom is -0.464 e. The first-order valence-electron chi connectivity index (χ1n) is 5.13. The largest absolute Gasteiger partial charge is 0.464 e. The Morgan fingerprint density at radius 3 is 2.62 bits per heavy atom. The molecule has 0 amide bonds. The van der Waals surface area contributed by atoms with Crippen LogP contribution in [0.3, 0.4) is 0 Å². The molecule has 0 unspecified atom stereocenters. The Balaban J connectivity index is 2.00. The minimum atomic E-state index is -2.61. The minimum absolute atomic E-state index is 0.274. The Morgan fingerprint density at radius 1 is 1.19 bits per heavy atom. The van der Waals surface area contributed by atoms with Crippen LogP contribution in [0.5, 0.6) is 0 Å². The number of halogens is 2. The van der Waals surface area contributed by atoms with Crippen molar-refractivity contribution in [3.05, 3.63) is 36.1 Å². The van der Waals surface area contributed by atoms with Gasteiger partial charge in [-0.15, -0.1) is 0 Å². The molecule has 0 saturated heterocycles. The van der Waals surface area contributed by atoms with Gasteiger partial charge >= 0.3 is 0 Å². The molecule has 2 aromatic rings. The molecule has 1 aromatic heterocycles. The highest BCUT2D eigenvalue weighted by atomic mass is 19.3. The average Bonchev–Trinajstić information content (AvgIpc) is 2.60. The second-order valence-electron chi connectivity index (χ2n) is 4.54. The van der Waals surface area contributed by atoms with Crippen LogP contribution >= 0.6 is 0 Å². The number of furan rings is 1. The van der Waals surface area contributed by atoms with E-state index in [2.05, 4.69) is 0 Å². The molecule has 1 aromatic carbocycles. The smallest absolute Gasteiger partial charge is 0.252 e. The van der Waals surface area contributed by atoms with Gasteiger partial charge < -0.3 is 10.2 Å². The molecule has 0 atom stereocenters. The topological polar surface area (TPSA) is 39.2 Å². The molecule has 0 bridgehead atoms. The molecule has 1 fully saturated rings. The van der Waals surface area contributed by atoms with E-state index < -0.39 is 11.5 Å². The Morgan fingerprint density at radius 2 is 1.94 bits per heavy atom. The van der Waals surface area contributed by atoms with Crippen LogP contribution < -0.4 is 5.73 Å². The maximum Gasteiger partial charge on any atom is 0.252 e. The number of hydrogen-bond acceptors (Lipinski definition) is 2. The van der Waals surface area contributed by atoms with Crippen LogP contribution in [0.25, 0.3) is 11.0 Å². The first-order chi connectivity index (χ1) is 7.49. The number of nitrogens with two attached hydrogens (primary N) is 1. The van der Waals surface area contributed by atoms with Crippen molar-refractivity contribution in [1.82, 2.24) is 0 Å². The zero-order valence-corrected chi connectivity index (χ0v) is 8.54. The third kappa shape index (κ3) is 1.33. The Bertz CT molecular complexity index is 539. The van der Waals surface area contributed by atoms with E-state index in [-0.39, 0.29) is 12.8 Å². The highest BCUT2D eigenvalue weighted by Crippen LogP contribution is 2.50. The van der Waals surface area contributed by atoms with Crippen molar-refractivity contribution in [2.75, 3.05) is 0 Å². The molecule has 4 heteroatoms. The SMILES string of the molecule is NC1(c2ccc3occc3c2)CC(F)(F)C1. The van der Waals surface area contributed by atoms with E-state index in [0.29, 0.717) is 0 Å². The lowest BCUT2D eigenvalue weighted by Gasteiger charge is -2.44. The zero-order valence-electron chi connectivity index (χ0n) is 8.54. The second-order valence-corrected chi connectivity index (χ2v) is 4.54. The van der Waals surface area contributed by atoms with E-state index in [1.54, 1.807) is 24.5 Å². The Kier molecular flexibility index (Phi) is 1.73. The zero-order chi connectivity index (χ0) is 11.4. The lowest BCUT2D eigenvalue weighted by Crippen LogP contribution is -2.55. The van der Waals surface area contributed by atoms with Crippen LogP contribution in [0, 0.1) is 0 Å². The first kappa shape index (κ1) is 9.78. The van der Waals surface area contributed by atoms with Crippen LogP contribution in [0.1, 0.15) is 18.4 Å². The molecule has 0 radical (unpaired) electrons. The molecule has 1 heterocycles. The Labute approximate surface area is 91.0 Å². The van der Waals surface area contributed by atoms with Gasteiger partial charge in [0.25, 0.3) is 5.92 Å². The van der Waals surface area contributed by atoms with Crippen molar-refractivity contribution in [3.8, 4) is 0 Å². The van der Waals surface area contributed by atoms with Gasteiger partial charge in [0.05, 0.1) is 11.8 Å². The van der Waals surface area contributed by atoms with Crippen molar-refractivity contribution in [3.63, 3.8) is 0 Å². The fraction of sp³-hybridized carbons (Fsp3) is 0.333. The molecule has 1 saturated carbocycles. The summed E-state index contributed by atoms with van der Waals surface area (Å²) in [6.45, 7) is 0. The molecule has 16 heavy (non-hydrogen) atoms. The summed E-state index contributed by atoms with van der Waals surface area (Å²) in [6, 6.07) is 7.17. The van der Waals surface area contributed by atoms with Gasteiger partial charge in [-0.05, 0) is 23.8 Å². The Hall–Kier alpha value is -1.42. The molecule has 1 aliphatic rings. The predicted molar refractivity (Wildman–Crippen MR) is 56.3 cm³/mol. The summed E-state index contributed by atoms with van der Waals surface area (Å²) in [6.07, 6.45) is 1.03. The van der Waals surface area contributed by atoms with Crippen molar-refractivity contribution in [2.45, 2.75) is 24.3 Å². The lowest BCUT2D eigenvalue weighted by atomic mass is 9.70. The highest BCUT2D eigenvalue weighted by molar-refractivity contribution is 5.78. The normalized spacial score (nSPS) is 21.9. The fourth-order valence-corrected chi connectivity index (χ4v) is 2.35. The number of alkyl halides is 2. The van der Waals surface area contributed by atoms with E-state index in [4.69, 9.17) is 10.2 Å². The molecule has 2 N–H and O–H groups in total. The number of rotatable bonds is 1. The van der Waals surface area contributed by atoms with E-state index in [9.17, 15) is 8.78 Å². The van der Waals surface area contributed by atoms with Crippen LogP contribution in [0.4, 0.5) is 8.78 Å². The third-order valence-electron chi connectivity index (χ3n) is 3.18. The van der Waals surface area contributed by atoms with Crippen LogP contribution in [-0.2, 0) is 5.54 Å². The van der Waals surface area contributed by atoms with Crippen molar-refractivity contribution in [2.24, 2.45) is 5.73 Å². The van der Waals surface area contributed by atoms with Gasteiger partial charge in [0.15, 0.2) is 0 Å². The van der Waals surface area contributed by atoms with Crippen molar-refractivity contribution in [1.29, 1.82) is 0 Å². The van der Waals surface area contributed by atoms with E-state index >= 15 is 0 Å². The third-order valence-corrected chi connectivity index (χ3v) is 3.18. The van der Waals surface area contributed by atoms with Gasteiger partial charge in [0, 0.05) is 18.2 Å². The molecule has 2 nitrogen and oxygen atoms in total. The standard InChI is InChI=1S/C12H11F2NO/c13-12(14)6-11(15,7-12)9-1-2-10-8(5-9)3-4-16-10/h1-5H,6-7,15H2. The summed E-state index contributed by atoms with van der Waals surface area (Å²) in [5.74, 6) is -2.61. The molecule has 0 spiro atoms. The summed E-state index contributed by atoms with van der Waals surface area (Å²) in [4.78, 5) is 0. The van der Waals surface area contributed by atoms with E-state index in [1.807, 2.05) is 6.07 Å². The summed E-state index contributed by atoms with van der Waals surface area (Å²) in [5, 5.41) is 0.901. The van der Waals surface area contributed by atoms with Crippen molar-refractivity contribution >= 4 is 11.0 Å². The van der Waals surface area contributed by atoms with E-state index in [1.165, 1.54) is 0 Å². The average molecular weight is 223 g/mol. The monoisotopic (exact) mass is 223 g/mol. The summed E-state index contributed by atoms with van der Waals surface area (Å²) in [5.41, 5.74) is 6.57.